The third-order valence-electron chi connectivity index (χ3n) is 3.62. The van der Waals surface area contributed by atoms with Crippen LogP contribution in [-0.2, 0) is 14.3 Å². The fourth-order valence-electron chi connectivity index (χ4n) is 2.32. The van der Waals surface area contributed by atoms with Crippen molar-refractivity contribution in [3.8, 4) is 0 Å². The Kier molecular flexibility index (Phi) is 6.80. The molecule has 2 atom stereocenters. The SMILES string of the molecule is COCCN(C)CCNC(=O)C1CCC(C(=O)O)C1. The lowest BCUT2D eigenvalue weighted by atomic mass is 10.0. The minimum absolute atomic E-state index is 0.0103. The summed E-state index contributed by atoms with van der Waals surface area (Å²) < 4.78 is 4.97. The number of ether oxygens (including phenoxy) is 1. The molecule has 1 aliphatic rings. The van der Waals surface area contributed by atoms with E-state index in [4.69, 9.17) is 9.84 Å². The number of likely N-dealkylation sites (N-methyl/N-ethyl adjacent to an activating group) is 1. The van der Waals surface area contributed by atoms with E-state index in [1.807, 2.05) is 7.05 Å². The highest BCUT2D eigenvalue weighted by atomic mass is 16.5. The van der Waals surface area contributed by atoms with Gasteiger partial charge in [-0.25, -0.2) is 0 Å². The fraction of sp³-hybridized carbons (Fsp3) is 0.846. The van der Waals surface area contributed by atoms with Gasteiger partial charge in [0.1, 0.15) is 0 Å². The topological polar surface area (TPSA) is 78.9 Å². The first-order valence-electron chi connectivity index (χ1n) is 6.72. The second kappa shape index (κ2) is 8.12. The Balaban J connectivity index is 2.16. The minimum atomic E-state index is -0.783. The predicted octanol–water partition coefficient (Wildman–Crippen LogP) is 0.182. The van der Waals surface area contributed by atoms with Crippen molar-refractivity contribution in [2.24, 2.45) is 11.8 Å². The molecule has 0 aromatic heterocycles. The van der Waals surface area contributed by atoms with Crippen molar-refractivity contribution in [1.82, 2.24) is 10.2 Å². The standard InChI is InChI=1S/C13H24N2O4/c1-15(7-8-19-2)6-5-14-12(16)10-3-4-11(9-10)13(17)18/h10-11H,3-9H2,1-2H3,(H,14,16)(H,17,18). The maximum atomic E-state index is 11.9. The number of rotatable bonds is 8. The number of amides is 1. The third kappa shape index (κ3) is 5.57. The maximum absolute atomic E-state index is 11.9. The maximum Gasteiger partial charge on any atom is 0.306 e. The van der Waals surface area contributed by atoms with Gasteiger partial charge < -0.3 is 20.1 Å². The molecular weight excluding hydrogens is 248 g/mol. The Labute approximate surface area is 114 Å². The number of carbonyl (C=O) groups excluding carboxylic acids is 1. The van der Waals surface area contributed by atoms with Crippen molar-refractivity contribution < 1.29 is 19.4 Å². The highest BCUT2D eigenvalue weighted by Crippen LogP contribution is 2.30. The molecule has 110 valence electrons. The van der Waals surface area contributed by atoms with Gasteiger partial charge in [0, 0.05) is 32.7 Å². The van der Waals surface area contributed by atoms with Crippen LogP contribution in [0.3, 0.4) is 0 Å². The summed E-state index contributed by atoms with van der Waals surface area (Å²) in [5.41, 5.74) is 0. The van der Waals surface area contributed by atoms with Crippen molar-refractivity contribution in [2.75, 3.05) is 40.4 Å². The van der Waals surface area contributed by atoms with Crippen LogP contribution in [0, 0.1) is 11.8 Å². The molecule has 0 aliphatic heterocycles. The molecular formula is C13H24N2O4. The second-order valence-corrected chi connectivity index (χ2v) is 5.13. The minimum Gasteiger partial charge on any atom is -0.481 e. The van der Waals surface area contributed by atoms with E-state index in [2.05, 4.69) is 10.2 Å². The Morgan fingerprint density at radius 3 is 2.58 bits per heavy atom. The highest BCUT2D eigenvalue weighted by molar-refractivity contribution is 5.80. The molecule has 1 aliphatic carbocycles. The number of hydrogen-bond donors (Lipinski definition) is 2. The molecule has 19 heavy (non-hydrogen) atoms. The molecule has 0 bridgehead atoms. The first-order valence-corrected chi connectivity index (χ1v) is 6.72. The van der Waals surface area contributed by atoms with E-state index in [1.165, 1.54) is 0 Å². The normalized spacial score (nSPS) is 22.7. The van der Waals surface area contributed by atoms with Gasteiger partial charge in [-0.3, -0.25) is 9.59 Å². The Bertz CT molecular complexity index is 309. The molecule has 0 heterocycles. The van der Waals surface area contributed by atoms with Crippen molar-refractivity contribution >= 4 is 11.9 Å². The number of methoxy groups -OCH3 is 1. The van der Waals surface area contributed by atoms with E-state index >= 15 is 0 Å². The van der Waals surface area contributed by atoms with Crippen LogP contribution in [0.15, 0.2) is 0 Å². The largest absolute Gasteiger partial charge is 0.481 e. The van der Waals surface area contributed by atoms with E-state index in [0.717, 1.165) is 13.1 Å². The van der Waals surface area contributed by atoms with Crippen molar-refractivity contribution in [2.45, 2.75) is 19.3 Å². The molecule has 2 N–H and O–H groups in total. The van der Waals surface area contributed by atoms with Crippen LogP contribution in [0.5, 0.6) is 0 Å². The average molecular weight is 272 g/mol. The third-order valence-corrected chi connectivity index (χ3v) is 3.62. The quantitative estimate of drug-likeness (QED) is 0.659. The summed E-state index contributed by atoms with van der Waals surface area (Å²) in [5.74, 6) is -1.27. The monoisotopic (exact) mass is 272 g/mol. The highest BCUT2D eigenvalue weighted by Gasteiger charge is 2.33. The molecule has 0 aromatic carbocycles. The summed E-state index contributed by atoms with van der Waals surface area (Å²) in [4.78, 5) is 24.8. The van der Waals surface area contributed by atoms with Gasteiger partial charge in [0.05, 0.1) is 12.5 Å². The number of carbonyl (C=O) groups is 2. The van der Waals surface area contributed by atoms with Crippen LogP contribution in [0.4, 0.5) is 0 Å². The summed E-state index contributed by atoms with van der Waals surface area (Å²) >= 11 is 0. The number of nitrogens with zero attached hydrogens (tertiary/aromatic N) is 1. The summed E-state index contributed by atoms with van der Waals surface area (Å²) in [5, 5.41) is 11.8. The number of carboxylic acid groups (broad SMARTS) is 1. The van der Waals surface area contributed by atoms with Crippen LogP contribution >= 0.6 is 0 Å². The van der Waals surface area contributed by atoms with Gasteiger partial charge in [0.2, 0.25) is 5.91 Å². The summed E-state index contributed by atoms with van der Waals surface area (Å²) in [6.07, 6.45) is 1.77. The molecule has 1 amide bonds. The lowest BCUT2D eigenvalue weighted by Crippen LogP contribution is -2.37. The van der Waals surface area contributed by atoms with E-state index < -0.39 is 5.97 Å². The van der Waals surface area contributed by atoms with Crippen LogP contribution in [0.25, 0.3) is 0 Å². The Morgan fingerprint density at radius 2 is 2.00 bits per heavy atom. The van der Waals surface area contributed by atoms with Gasteiger partial charge in [-0.05, 0) is 26.3 Å². The molecule has 0 radical (unpaired) electrons. The second-order valence-electron chi connectivity index (χ2n) is 5.13. The number of carboxylic acids is 1. The zero-order valence-corrected chi connectivity index (χ0v) is 11.7. The molecule has 1 saturated carbocycles. The van der Waals surface area contributed by atoms with Gasteiger partial charge in [-0.15, -0.1) is 0 Å². The predicted molar refractivity (Wildman–Crippen MR) is 70.8 cm³/mol. The molecule has 6 nitrogen and oxygen atoms in total. The molecule has 1 rings (SSSR count). The first-order chi connectivity index (χ1) is 9.04. The van der Waals surface area contributed by atoms with Crippen molar-refractivity contribution in [3.05, 3.63) is 0 Å². The zero-order valence-electron chi connectivity index (χ0n) is 11.7. The van der Waals surface area contributed by atoms with Crippen LogP contribution in [0.1, 0.15) is 19.3 Å². The molecule has 0 spiro atoms. The Hall–Kier alpha value is -1.14. The number of aliphatic carboxylic acids is 1. The van der Waals surface area contributed by atoms with E-state index in [0.29, 0.717) is 32.4 Å². The molecule has 0 saturated heterocycles. The van der Waals surface area contributed by atoms with Gasteiger partial charge in [-0.1, -0.05) is 0 Å². The van der Waals surface area contributed by atoms with Crippen LogP contribution < -0.4 is 5.32 Å². The average Bonchev–Trinajstić information content (AvgIpc) is 2.86. The number of nitrogens with one attached hydrogen (secondary N) is 1. The van der Waals surface area contributed by atoms with Gasteiger partial charge in [-0.2, -0.15) is 0 Å². The van der Waals surface area contributed by atoms with Gasteiger partial charge in [0.25, 0.3) is 0 Å². The lowest BCUT2D eigenvalue weighted by Gasteiger charge is -2.17. The van der Waals surface area contributed by atoms with Crippen LogP contribution in [-0.4, -0.2) is 62.3 Å². The van der Waals surface area contributed by atoms with Gasteiger partial charge in [0.15, 0.2) is 0 Å². The Morgan fingerprint density at radius 1 is 1.32 bits per heavy atom. The number of hydrogen-bond acceptors (Lipinski definition) is 4. The summed E-state index contributed by atoms with van der Waals surface area (Å²) in [6.45, 7) is 2.86. The van der Waals surface area contributed by atoms with Crippen LogP contribution in [0.2, 0.25) is 0 Å². The molecule has 1 fully saturated rings. The van der Waals surface area contributed by atoms with E-state index in [9.17, 15) is 9.59 Å². The van der Waals surface area contributed by atoms with Crippen molar-refractivity contribution in [3.63, 3.8) is 0 Å². The van der Waals surface area contributed by atoms with E-state index in [1.54, 1.807) is 7.11 Å². The lowest BCUT2D eigenvalue weighted by molar-refractivity contribution is -0.141. The zero-order chi connectivity index (χ0) is 14.3. The summed E-state index contributed by atoms with van der Waals surface area (Å²) in [6, 6.07) is 0. The van der Waals surface area contributed by atoms with Crippen molar-refractivity contribution in [1.29, 1.82) is 0 Å². The summed E-state index contributed by atoms with van der Waals surface area (Å²) in [7, 11) is 3.63. The molecule has 2 unspecified atom stereocenters. The van der Waals surface area contributed by atoms with E-state index in [-0.39, 0.29) is 17.7 Å². The molecule has 6 heteroatoms. The smallest absolute Gasteiger partial charge is 0.306 e. The fourth-order valence-corrected chi connectivity index (χ4v) is 2.32. The first kappa shape index (κ1) is 15.9. The molecule has 0 aromatic rings. The van der Waals surface area contributed by atoms with Gasteiger partial charge >= 0.3 is 5.97 Å².